The summed E-state index contributed by atoms with van der Waals surface area (Å²) in [4.78, 5) is 0. The van der Waals surface area contributed by atoms with Gasteiger partial charge in [0.15, 0.2) is 0 Å². The van der Waals surface area contributed by atoms with Crippen molar-refractivity contribution in [2.24, 2.45) is 0 Å². The van der Waals surface area contributed by atoms with Crippen molar-refractivity contribution in [1.82, 2.24) is 0 Å². The monoisotopic (exact) mass is 316 g/mol. The lowest BCUT2D eigenvalue weighted by Crippen LogP contribution is -2.16. The zero-order valence-corrected chi connectivity index (χ0v) is 14.9. The molecule has 1 aromatic rings. The summed E-state index contributed by atoms with van der Waals surface area (Å²) in [5.74, 6) is 0.922. The molecule has 0 saturated carbocycles. The van der Waals surface area contributed by atoms with Crippen molar-refractivity contribution >= 4 is 6.08 Å². The van der Waals surface area contributed by atoms with E-state index in [-0.39, 0.29) is 5.60 Å². The van der Waals surface area contributed by atoms with E-state index in [1.165, 1.54) is 56.9 Å². The molecule has 1 aliphatic rings. The Hall–Kier alpha value is -1.28. The summed E-state index contributed by atoms with van der Waals surface area (Å²) in [7, 11) is 0. The van der Waals surface area contributed by atoms with Crippen LogP contribution in [0.25, 0.3) is 6.08 Å². The highest BCUT2D eigenvalue weighted by molar-refractivity contribution is 5.50. The second kappa shape index (κ2) is 9.77. The van der Waals surface area contributed by atoms with E-state index in [4.69, 9.17) is 9.47 Å². The van der Waals surface area contributed by atoms with Crippen molar-refractivity contribution in [3.63, 3.8) is 0 Å². The molecule has 0 spiro atoms. The van der Waals surface area contributed by atoms with Crippen LogP contribution in [0, 0.1) is 0 Å². The van der Waals surface area contributed by atoms with E-state index in [2.05, 4.69) is 38.1 Å². The van der Waals surface area contributed by atoms with Crippen LogP contribution in [0.4, 0.5) is 0 Å². The van der Waals surface area contributed by atoms with Gasteiger partial charge in [0.2, 0.25) is 0 Å². The standard InChI is InChI=1S/C21H32O2/c1-3-4-5-6-7-8-9-10-11-12-19-13-15-20(16-14-19)22-17-21(2)18-23-21/h11-16H,3-10,17-18H2,1-2H3/b12-11+. The lowest BCUT2D eigenvalue weighted by molar-refractivity contribution is 0.202. The van der Waals surface area contributed by atoms with Crippen LogP contribution in [-0.2, 0) is 4.74 Å². The molecule has 2 heteroatoms. The quantitative estimate of drug-likeness (QED) is 0.348. The molecule has 0 bridgehead atoms. The van der Waals surface area contributed by atoms with Crippen molar-refractivity contribution in [2.45, 2.75) is 70.8 Å². The Morgan fingerprint density at radius 2 is 1.70 bits per heavy atom. The van der Waals surface area contributed by atoms with Crippen molar-refractivity contribution in [1.29, 1.82) is 0 Å². The third-order valence-corrected chi connectivity index (χ3v) is 4.35. The maximum atomic E-state index is 5.74. The number of allylic oxidation sites excluding steroid dienone is 1. The molecule has 0 aromatic heterocycles. The lowest BCUT2D eigenvalue weighted by atomic mass is 10.1. The van der Waals surface area contributed by atoms with E-state index in [1.54, 1.807) is 0 Å². The molecule has 0 radical (unpaired) electrons. The highest BCUT2D eigenvalue weighted by Gasteiger charge is 2.40. The van der Waals surface area contributed by atoms with E-state index in [9.17, 15) is 0 Å². The van der Waals surface area contributed by atoms with Gasteiger partial charge < -0.3 is 9.47 Å². The predicted molar refractivity (Wildman–Crippen MR) is 97.9 cm³/mol. The largest absolute Gasteiger partial charge is 0.491 e. The molecule has 128 valence electrons. The third kappa shape index (κ3) is 7.69. The number of benzene rings is 1. The Morgan fingerprint density at radius 1 is 1.04 bits per heavy atom. The van der Waals surface area contributed by atoms with Gasteiger partial charge in [-0.1, -0.05) is 69.7 Å². The highest BCUT2D eigenvalue weighted by atomic mass is 16.6. The van der Waals surface area contributed by atoms with E-state index in [0.717, 1.165) is 12.4 Å². The molecule has 0 N–H and O–H groups in total. The van der Waals surface area contributed by atoms with Gasteiger partial charge in [-0.15, -0.1) is 0 Å². The average Bonchev–Trinajstić information content (AvgIpc) is 3.30. The zero-order chi connectivity index (χ0) is 16.4. The average molecular weight is 316 g/mol. The number of ether oxygens (including phenoxy) is 2. The van der Waals surface area contributed by atoms with Crippen molar-refractivity contribution < 1.29 is 9.47 Å². The Morgan fingerprint density at radius 3 is 2.35 bits per heavy atom. The Balaban J connectivity index is 1.56. The summed E-state index contributed by atoms with van der Waals surface area (Å²) >= 11 is 0. The first kappa shape index (κ1) is 18.1. The fourth-order valence-corrected chi connectivity index (χ4v) is 2.56. The number of hydrogen-bond acceptors (Lipinski definition) is 2. The zero-order valence-electron chi connectivity index (χ0n) is 14.9. The molecule has 1 unspecified atom stereocenters. The van der Waals surface area contributed by atoms with Crippen LogP contribution in [0.5, 0.6) is 5.75 Å². The van der Waals surface area contributed by atoms with E-state index in [0.29, 0.717) is 6.61 Å². The minimum absolute atomic E-state index is 0.0465. The molecule has 0 aliphatic carbocycles. The van der Waals surface area contributed by atoms with Gasteiger partial charge in [-0.05, 0) is 37.5 Å². The topological polar surface area (TPSA) is 21.8 Å². The molecule has 1 atom stereocenters. The smallest absolute Gasteiger partial charge is 0.123 e. The van der Waals surface area contributed by atoms with Crippen LogP contribution in [0.15, 0.2) is 30.3 Å². The Labute approximate surface area is 141 Å². The second-order valence-electron chi connectivity index (χ2n) is 6.91. The molecule has 2 nitrogen and oxygen atoms in total. The fourth-order valence-electron chi connectivity index (χ4n) is 2.56. The minimum Gasteiger partial charge on any atom is -0.491 e. The van der Waals surface area contributed by atoms with Gasteiger partial charge >= 0.3 is 0 Å². The van der Waals surface area contributed by atoms with Crippen molar-refractivity contribution in [3.05, 3.63) is 35.9 Å². The molecule has 0 amide bonds. The summed E-state index contributed by atoms with van der Waals surface area (Å²) in [6.45, 7) is 5.80. The van der Waals surface area contributed by atoms with Gasteiger partial charge in [0.05, 0.1) is 6.61 Å². The first-order chi connectivity index (χ1) is 11.2. The highest BCUT2D eigenvalue weighted by Crippen LogP contribution is 2.27. The first-order valence-corrected chi connectivity index (χ1v) is 9.25. The molecule has 1 aliphatic heterocycles. The summed E-state index contributed by atoms with van der Waals surface area (Å²) in [6.07, 6.45) is 15.3. The SMILES string of the molecule is CCCCCCCCC/C=C/c1ccc(OCC2(C)CO2)cc1. The minimum atomic E-state index is -0.0465. The molecular weight excluding hydrogens is 284 g/mol. The summed E-state index contributed by atoms with van der Waals surface area (Å²) in [6, 6.07) is 8.32. The second-order valence-corrected chi connectivity index (χ2v) is 6.91. The van der Waals surface area contributed by atoms with Crippen LogP contribution in [0.2, 0.25) is 0 Å². The van der Waals surface area contributed by atoms with Crippen LogP contribution in [-0.4, -0.2) is 18.8 Å². The Bertz CT molecular complexity index is 457. The number of rotatable bonds is 12. The van der Waals surface area contributed by atoms with Gasteiger partial charge in [0.25, 0.3) is 0 Å². The normalized spacial score (nSPS) is 20.1. The number of unbranched alkanes of at least 4 members (excludes halogenated alkanes) is 7. The molecule has 1 aromatic carbocycles. The van der Waals surface area contributed by atoms with Gasteiger partial charge in [-0.25, -0.2) is 0 Å². The van der Waals surface area contributed by atoms with Gasteiger partial charge in [0, 0.05) is 0 Å². The Kier molecular flexibility index (Phi) is 7.67. The van der Waals surface area contributed by atoms with E-state index < -0.39 is 0 Å². The van der Waals surface area contributed by atoms with Crippen LogP contribution in [0.1, 0.15) is 70.8 Å². The van der Waals surface area contributed by atoms with E-state index >= 15 is 0 Å². The summed E-state index contributed by atoms with van der Waals surface area (Å²) in [5, 5.41) is 0. The van der Waals surface area contributed by atoms with Crippen LogP contribution in [0.3, 0.4) is 0 Å². The third-order valence-electron chi connectivity index (χ3n) is 4.35. The maximum absolute atomic E-state index is 5.74. The summed E-state index contributed by atoms with van der Waals surface area (Å²) < 4.78 is 11.1. The summed E-state index contributed by atoms with van der Waals surface area (Å²) in [5.41, 5.74) is 1.20. The van der Waals surface area contributed by atoms with Crippen molar-refractivity contribution in [3.8, 4) is 5.75 Å². The molecule has 1 fully saturated rings. The van der Waals surface area contributed by atoms with E-state index in [1.807, 2.05) is 12.1 Å². The van der Waals surface area contributed by atoms with Gasteiger partial charge in [-0.3, -0.25) is 0 Å². The first-order valence-electron chi connectivity index (χ1n) is 9.25. The van der Waals surface area contributed by atoms with Crippen LogP contribution >= 0.6 is 0 Å². The molecule has 1 heterocycles. The van der Waals surface area contributed by atoms with Crippen LogP contribution < -0.4 is 4.74 Å². The number of hydrogen-bond donors (Lipinski definition) is 0. The molecule has 23 heavy (non-hydrogen) atoms. The van der Waals surface area contributed by atoms with Crippen molar-refractivity contribution in [2.75, 3.05) is 13.2 Å². The maximum Gasteiger partial charge on any atom is 0.123 e. The molecule has 2 rings (SSSR count). The predicted octanol–water partition coefficient (Wildman–Crippen LogP) is 6.01. The van der Waals surface area contributed by atoms with Gasteiger partial charge in [0.1, 0.15) is 18.0 Å². The molecule has 1 saturated heterocycles. The fraction of sp³-hybridized carbons (Fsp3) is 0.619. The number of epoxide rings is 1. The molecular formula is C21H32O2. The van der Waals surface area contributed by atoms with Gasteiger partial charge in [-0.2, -0.15) is 0 Å². The lowest BCUT2D eigenvalue weighted by Gasteiger charge is -2.08.